The van der Waals surface area contributed by atoms with Crippen LogP contribution in [-0.2, 0) is 14.8 Å². The Morgan fingerprint density at radius 2 is 1.76 bits per heavy atom. The van der Waals surface area contributed by atoms with Gasteiger partial charge in [0.1, 0.15) is 5.76 Å². The summed E-state index contributed by atoms with van der Waals surface area (Å²) in [6.07, 6.45) is 8.26. The van der Waals surface area contributed by atoms with Crippen molar-refractivity contribution in [2.75, 3.05) is 18.4 Å². The van der Waals surface area contributed by atoms with Crippen molar-refractivity contribution < 1.29 is 17.6 Å². The molecule has 1 aromatic carbocycles. The van der Waals surface area contributed by atoms with Crippen molar-refractivity contribution in [3.8, 4) is 0 Å². The lowest BCUT2D eigenvalue weighted by Crippen LogP contribution is -2.33. The summed E-state index contributed by atoms with van der Waals surface area (Å²) in [6.45, 7) is 1.12. The first-order chi connectivity index (χ1) is 13.9. The van der Waals surface area contributed by atoms with Gasteiger partial charge in [0.2, 0.25) is 15.9 Å². The third kappa shape index (κ3) is 5.99. The number of furan rings is 1. The van der Waals surface area contributed by atoms with Gasteiger partial charge in [-0.25, -0.2) is 8.42 Å². The predicted octanol–water partition coefficient (Wildman–Crippen LogP) is 3.37. The second kappa shape index (κ2) is 9.82. The highest BCUT2D eigenvalue weighted by atomic mass is 32.2. The number of rotatable bonds is 5. The van der Waals surface area contributed by atoms with Crippen LogP contribution in [0.25, 0.3) is 6.08 Å². The van der Waals surface area contributed by atoms with Gasteiger partial charge in [-0.3, -0.25) is 10.1 Å². The summed E-state index contributed by atoms with van der Waals surface area (Å²) in [4.78, 5) is 12.1. The van der Waals surface area contributed by atoms with E-state index in [1.165, 1.54) is 18.4 Å². The number of hydrogen-bond acceptors (Lipinski definition) is 5. The molecule has 9 heteroatoms. The summed E-state index contributed by atoms with van der Waals surface area (Å²) in [6, 6.07) is 9.79. The zero-order chi connectivity index (χ0) is 20.7. The number of carbonyl (C=O) groups is 1. The van der Waals surface area contributed by atoms with E-state index in [4.69, 9.17) is 16.6 Å². The molecule has 0 atom stereocenters. The van der Waals surface area contributed by atoms with Crippen molar-refractivity contribution in [2.24, 2.45) is 0 Å². The minimum Gasteiger partial charge on any atom is -0.465 e. The first kappa shape index (κ1) is 21.2. The van der Waals surface area contributed by atoms with Crippen LogP contribution in [0.3, 0.4) is 0 Å². The molecule has 0 unspecified atom stereocenters. The number of thiocarbonyl (C=S) groups is 1. The molecular weight excluding hydrogens is 410 g/mol. The van der Waals surface area contributed by atoms with Crippen molar-refractivity contribution in [2.45, 2.75) is 30.6 Å². The quantitative estimate of drug-likeness (QED) is 0.555. The van der Waals surface area contributed by atoms with E-state index < -0.39 is 15.9 Å². The van der Waals surface area contributed by atoms with E-state index in [0.717, 1.165) is 25.7 Å². The largest absolute Gasteiger partial charge is 0.465 e. The summed E-state index contributed by atoms with van der Waals surface area (Å²) in [7, 11) is -3.49. The lowest BCUT2D eigenvalue weighted by Gasteiger charge is -2.20. The highest BCUT2D eigenvalue weighted by molar-refractivity contribution is 7.89. The smallest absolute Gasteiger partial charge is 0.250 e. The Kier molecular flexibility index (Phi) is 7.18. The number of nitrogens with zero attached hydrogens (tertiary/aromatic N) is 1. The number of nitrogens with one attached hydrogen (secondary N) is 2. The standard InChI is InChI=1S/C20H23N3O4S2/c24-19(12-9-17-6-5-15-27-17)22-20(28)21-16-7-10-18(11-8-16)29(25,26)23-13-3-1-2-4-14-23/h5-12,15H,1-4,13-14H2,(H2,21,22,24,28). The zero-order valence-electron chi connectivity index (χ0n) is 15.8. The van der Waals surface area contributed by atoms with Crippen molar-refractivity contribution in [3.05, 3.63) is 54.5 Å². The van der Waals surface area contributed by atoms with Gasteiger partial charge < -0.3 is 9.73 Å². The topological polar surface area (TPSA) is 91.6 Å². The SMILES string of the molecule is O=C(C=Cc1ccco1)NC(=S)Nc1ccc(S(=O)(=O)N2CCCCCC2)cc1. The zero-order valence-corrected chi connectivity index (χ0v) is 17.5. The second-order valence-electron chi connectivity index (χ2n) is 6.63. The van der Waals surface area contributed by atoms with Gasteiger partial charge in [0, 0.05) is 24.9 Å². The third-order valence-electron chi connectivity index (χ3n) is 4.49. The van der Waals surface area contributed by atoms with Crippen LogP contribution in [0, 0.1) is 0 Å². The minimum atomic E-state index is -3.49. The molecule has 2 heterocycles. The number of hydrogen-bond donors (Lipinski definition) is 2. The molecule has 2 N–H and O–H groups in total. The summed E-state index contributed by atoms with van der Waals surface area (Å²) < 4.78 is 32.3. The molecule has 7 nitrogen and oxygen atoms in total. The number of anilines is 1. The fraction of sp³-hybridized carbons (Fsp3) is 0.300. The van der Waals surface area contributed by atoms with Crippen molar-refractivity contribution in [3.63, 3.8) is 0 Å². The highest BCUT2D eigenvalue weighted by Crippen LogP contribution is 2.21. The van der Waals surface area contributed by atoms with Crippen molar-refractivity contribution in [1.29, 1.82) is 0 Å². The lowest BCUT2D eigenvalue weighted by atomic mass is 10.2. The van der Waals surface area contributed by atoms with Crippen molar-refractivity contribution in [1.82, 2.24) is 9.62 Å². The number of carbonyl (C=O) groups excluding carboxylic acids is 1. The molecule has 0 bridgehead atoms. The molecule has 1 aliphatic heterocycles. The molecule has 2 aromatic rings. The van der Waals surface area contributed by atoms with Gasteiger partial charge >= 0.3 is 0 Å². The molecule has 3 rings (SSSR count). The average Bonchev–Trinajstić information content (AvgIpc) is 3.06. The molecule has 0 saturated carbocycles. The highest BCUT2D eigenvalue weighted by Gasteiger charge is 2.24. The Labute approximate surface area is 175 Å². The van der Waals surface area contributed by atoms with Crippen LogP contribution in [0.5, 0.6) is 0 Å². The summed E-state index contributed by atoms with van der Waals surface area (Å²) in [5.41, 5.74) is 0.583. The normalized spacial score (nSPS) is 15.7. The van der Waals surface area contributed by atoms with E-state index in [1.807, 2.05) is 0 Å². The van der Waals surface area contributed by atoms with E-state index in [0.29, 0.717) is 24.5 Å². The van der Waals surface area contributed by atoms with E-state index in [1.54, 1.807) is 40.7 Å². The van der Waals surface area contributed by atoms with Gasteiger partial charge in [-0.15, -0.1) is 0 Å². The van der Waals surface area contributed by atoms with Crippen LogP contribution in [0.15, 0.2) is 58.1 Å². The third-order valence-corrected chi connectivity index (χ3v) is 6.61. The Morgan fingerprint density at radius 3 is 2.38 bits per heavy atom. The van der Waals surface area contributed by atoms with Gasteiger partial charge in [0.05, 0.1) is 11.2 Å². The van der Waals surface area contributed by atoms with Crippen LogP contribution < -0.4 is 10.6 Å². The minimum absolute atomic E-state index is 0.113. The van der Waals surface area contributed by atoms with Gasteiger partial charge in [0.15, 0.2) is 5.11 Å². The van der Waals surface area contributed by atoms with Gasteiger partial charge in [0.25, 0.3) is 0 Å². The van der Waals surface area contributed by atoms with Crippen LogP contribution in [0.4, 0.5) is 5.69 Å². The maximum Gasteiger partial charge on any atom is 0.250 e. The number of amides is 1. The van der Waals surface area contributed by atoms with Crippen LogP contribution in [-0.4, -0.2) is 36.8 Å². The van der Waals surface area contributed by atoms with E-state index in [2.05, 4.69) is 10.6 Å². The summed E-state index contributed by atoms with van der Waals surface area (Å²) in [5, 5.41) is 5.50. The van der Waals surface area contributed by atoms with Gasteiger partial charge in [-0.05, 0) is 67.5 Å². The van der Waals surface area contributed by atoms with Crippen LogP contribution >= 0.6 is 12.2 Å². The molecular formula is C20H23N3O4S2. The lowest BCUT2D eigenvalue weighted by molar-refractivity contribution is -0.115. The summed E-state index contributed by atoms with van der Waals surface area (Å²) in [5.74, 6) is 0.152. The molecule has 0 radical (unpaired) electrons. The molecule has 29 heavy (non-hydrogen) atoms. The average molecular weight is 434 g/mol. The Morgan fingerprint density at radius 1 is 1.07 bits per heavy atom. The molecule has 1 amide bonds. The maximum atomic E-state index is 12.8. The fourth-order valence-corrected chi connectivity index (χ4v) is 4.74. The van der Waals surface area contributed by atoms with E-state index in [9.17, 15) is 13.2 Å². The second-order valence-corrected chi connectivity index (χ2v) is 8.98. The molecule has 1 saturated heterocycles. The molecule has 1 fully saturated rings. The maximum absolute atomic E-state index is 12.8. The summed E-state index contributed by atoms with van der Waals surface area (Å²) >= 11 is 5.12. The van der Waals surface area contributed by atoms with Crippen LogP contribution in [0.2, 0.25) is 0 Å². The van der Waals surface area contributed by atoms with Crippen LogP contribution in [0.1, 0.15) is 31.4 Å². The molecule has 0 aliphatic carbocycles. The van der Waals surface area contributed by atoms with E-state index in [-0.39, 0.29) is 10.0 Å². The predicted molar refractivity (Wildman–Crippen MR) is 116 cm³/mol. The Balaban J connectivity index is 1.57. The Hall–Kier alpha value is -2.49. The number of sulfonamides is 1. The first-order valence-corrected chi connectivity index (χ1v) is 11.2. The van der Waals surface area contributed by atoms with Crippen molar-refractivity contribution >= 4 is 45.0 Å². The Bertz CT molecular complexity index is 960. The number of benzene rings is 1. The monoisotopic (exact) mass is 433 g/mol. The van der Waals surface area contributed by atoms with Gasteiger partial charge in [-0.1, -0.05) is 12.8 Å². The molecule has 1 aliphatic rings. The fourth-order valence-electron chi connectivity index (χ4n) is 3.00. The molecule has 1 aromatic heterocycles. The van der Waals surface area contributed by atoms with E-state index >= 15 is 0 Å². The van der Waals surface area contributed by atoms with Gasteiger partial charge in [-0.2, -0.15) is 4.31 Å². The first-order valence-electron chi connectivity index (χ1n) is 9.39. The molecule has 0 spiro atoms. The molecule has 154 valence electrons.